The average Bonchev–Trinajstić information content (AvgIpc) is 2.95. The second kappa shape index (κ2) is 8.25. The largest absolute Gasteiger partial charge is 0.328 e. The number of carbonyl (C=O) groups excluding carboxylic acids is 1. The van der Waals surface area contributed by atoms with E-state index in [1.54, 1.807) is 27.5 Å². The number of hydrogen-bond donors (Lipinski definition) is 1. The minimum Gasteiger partial charge on any atom is -0.325 e. The number of aryl methyl sites for hydroxylation is 2. The van der Waals surface area contributed by atoms with Crippen LogP contribution in [0.1, 0.15) is 39.5 Å². The highest BCUT2D eigenvalue weighted by Gasteiger charge is 2.47. The Morgan fingerprint density at radius 2 is 1.67 bits per heavy atom. The van der Waals surface area contributed by atoms with Crippen molar-refractivity contribution < 1.29 is 13.2 Å². The Bertz CT molecular complexity index is 1240. The number of amides is 1. The number of piperidine rings is 2. The van der Waals surface area contributed by atoms with Gasteiger partial charge in [-0.1, -0.05) is 0 Å². The predicted octanol–water partition coefficient (Wildman–Crippen LogP) is 1.73. The van der Waals surface area contributed by atoms with Crippen molar-refractivity contribution in [1.29, 1.82) is 0 Å². The van der Waals surface area contributed by atoms with E-state index >= 15 is 0 Å². The van der Waals surface area contributed by atoms with Crippen molar-refractivity contribution in [2.45, 2.75) is 45.1 Å². The van der Waals surface area contributed by atoms with Gasteiger partial charge in [-0.3, -0.25) is 18.8 Å². The van der Waals surface area contributed by atoms with E-state index in [4.69, 9.17) is 0 Å². The summed E-state index contributed by atoms with van der Waals surface area (Å²) in [6.07, 6.45) is 4.95. The third-order valence-electron chi connectivity index (χ3n) is 7.66. The molecule has 1 aromatic heterocycles. The van der Waals surface area contributed by atoms with Gasteiger partial charge >= 0.3 is 5.69 Å². The topological polar surface area (TPSA) is 96.7 Å². The van der Waals surface area contributed by atoms with Gasteiger partial charge in [0, 0.05) is 31.9 Å². The molecule has 0 unspecified atom stereocenters. The lowest BCUT2D eigenvalue weighted by molar-refractivity contribution is -0.118. The predicted molar refractivity (Wildman–Crippen MR) is 130 cm³/mol. The number of likely N-dealkylation sites (tertiary alicyclic amines) is 1. The fraction of sp³-hybridized carbons (Fsp3) is 0.652. The Morgan fingerprint density at radius 3 is 2.30 bits per heavy atom. The first-order valence-corrected chi connectivity index (χ1v) is 13.3. The second-order valence-corrected chi connectivity index (χ2v) is 12.4. The van der Waals surface area contributed by atoms with Crippen LogP contribution in [0.3, 0.4) is 0 Å². The Labute approximate surface area is 195 Å². The molecule has 10 heteroatoms. The van der Waals surface area contributed by atoms with Crippen LogP contribution in [-0.2, 0) is 28.9 Å². The number of carbonyl (C=O) groups is 1. The molecule has 1 spiro atoms. The molecular weight excluding hydrogens is 442 g/mol. The van der Waals surface area contributed by atoms with E-state index in [9.17, 15) is 18.0 Å². The van der Waals surface area contributed by atoms with Crippen molar-refractivity contribution >= 4 is 32.7 Å². The van der Waals surface area contributed by atoms with Gasteiger partial charge in [0.1, 0.15) is 0 Å². The highest BCUT2D eigenvalue weighted by atomic mass is 32.2. The molecule has 1 aromatic carbocycles. The van der Waals surface area contributed by atoms with Crippen molar-refractivity contribution in [2.24, 2.45) is 19.5 Å². The van der Waals surface area contributed by atoms with Gasteiger partial charge in [0.25, 0.3) is 0 Å². The smallest absolute Gasteiger partial charge is 0.325 e. The molecule has 2 aliphatic heterocycles. The van der Waals surface area contributed by atoms with Crippen LogP contribution < -0.4 is 11.0 Å². The highest BCUT2D eigenvalue weighted by Crippen LogP contribution is 2.45. The summed E-state index contributed by atoms with van der Waals surface area (Å²) in [4.78, 5) is 27.0. The van der Waals surface area contributed by atoms with E-state index < -0.39 is 10.0 Å². The summed E-state index contributed by atoms with van der Waals surface area (Å²) in [6.45, 7) is 6.42. The Kier molecular flexibility index (Phi) is 5.99. The monoisotopic (exact) mass is 477 g/mol. The molecule has 2 aromatic rings. The van der Waals surface area contributed by atoms with Crippen LogP contribution in [-0.4, -0.2) is 70.6 Å². The summed E-state index contributed by atoms with van der Waals surface area (Å²) in [5, 5.41) is 2.95. The molecule has 1 N–H and O–H groups in total. The molecule has 0 bridgehead atoms. The van der Waals surface area contributed by atoms with Crippen molar-refractivity contribution in [2.75, 3.05) is 37.8 Å². The zero-order valence-electron chi connectivity index (χ0n) is 20.2. The first kappa shape index (κ1) is 24.0. The number of imidazole rings is 1. The molecular formula is C23H35N5O4S. The maximum Gasteiger partial charge on any atom is 0.328 e. The summed E-state index contributed by atoms with van der Waals surface area (Å²) in [6, 6.07) is 5.48. The molecule has 0 aliphatic carbocycles. The van der Waals surface area contributed by atoms with Crippen molar-refractivity contribution in [3.05, 3.63) is 28.7 Å². The number of nitrogens with one attached hydrogen (secondary N) is 1. The number of rotatable bonds is 4. The lowest BCUT2D eigenvalue weighted by atomic mass is 9.69. The summed E-state index contributed by atoms with van der Waals surface area (Å²) in [5.41, 5.74) is 1.81. The average molecular weight is 478 g/mol. The summed E-state index contributed by atoms with van der Waals surface area (Å²) in [7, 11) is 0.187. The number of aromatic nitrogens is 2. The van der Waals surface area contributed by atoms with Gasteiger partial charge in [-0.05, 0) is 76.2 Å². The molecule has 9 nitrogen and oxygen atoms in total. The van der Waals surface area contributed by atoms with E-state index in [1.807, 2.05) is 32.0 Å². The molecule has 2 fully saturated rings. The van der Waals surface area contributed by atoms with Crippen LogP contribution in [0, 0.1) is 5.41 Å². The van der Waals surface area contributed by atoms with Gasteiger partial charge < -0.3 is 5.32 Å². The molecule has 182 valence electrons. The van der Waals surface area contributed by atoms with Crippen molar-refractivity contribution in [1.82, 2.24) is 18.3 Å². The molecule has 2 saturated heterocycles. The Hall–Kier alpha value is -2.17. The van der Waals surface area contributed by atoms with Crippen LogP contribution >= 0.6 is 0 Å². The van der Waals surface area contributed by atoms with Gasteiger partial charge in [0.05, 0.1) is 23.8 Å². The Morgan fingerprint density at radius 1 is 1.03 bits per heavy atom. The quantitative estimate of drug-likeness (QED) is 0.724. The normalized spacial score (nSPS) is 21.5. The van der Waals surface area contributed by atoms with Crippen molar-refractivity contribution in [3.63, 3.8) is 0 Å². The van der Waals surface area contributed by atoms with Crippen LogP contribution in [0.2, 0.25) is 0 Å². The van der Waals surface area contributed by atoms with Gasteiger partial charge in [0.2, 0.25) is 15.9 Å². The van der Waals surface area contributed by atoms with Crippen LogP contribution in [0.25, 0.3) is 11.0 Å². The zero-order chi connectivity index (χ0) is 24.2. The first-order chi connectivity index (χ1) is 15.3. The van der Waals surface area contributed by atoms with Crippen LogP contribution in [0.15, 0.2) is 23.0 Å². The Balaban J connectivity index is 1.36. The fourth-order valence-corrected chi connectivity index (χ4v) is 6.94. The van der Waals surface area contributed by atoms with Crippen LogP contribution in [0.4, 0.5) is 5.69 Å². The SMILES string of the molecule is Cn1c(=O)n(C)c2cc(NC(=O)CN3CCC4(CC3)CCC(C)(C)N(S(C)(=O)=O)C4)ccc21. The summed E-state index contributed by atoms with van der Waals surface area (Å²) < 4.78 is 29.6. The standard InChI is InChI=1S/C23H35N5O4S/c1-22(2)8-9-23(16-28(22)33(5,31)32)10-12-27(13-11-23)15-20(29)24-17-6-7-18-19(14-17)26(4)21(30)25(18)3/h6-7,14H,8-13,15-16H2,1-5H3,(H,24,29). The molecule has 0 radical (unpaired) electrons. The van der Waals surface area contributed by atoms with Crippen molar-refractivity contribution in [3.8, 4) is 0 Å². The number of benzene rings is 1. The number of hydrogen-bond acceptors (Lipinski definition) is 5. The third kappa shape index (κ3) is 4.61. The first-order valence-electron chi connectivity index (χ1n) is 11.5. The molecule has 4 rings (SSSR count). The highest BCUT2D eigenvalue weighted by molar-refractivity contribution is 7.88. The van der Waals surface area contributed by atoms with E-state index in [0.717, 1.165) is 49.8 Å². The molecule has 0 saturated carbocycles. The summed E-state index contributed by atoms with van der Waals surface area (Å²) >= 11 is 0. The number of nitrogens with zero attached hydrogens (tertiary/aromatic N) is 4. The van der Waals surface area contributed by atoms with E-state index in [2.05, 4.69) is 10.2 Å². The van der Waals surface area contributed by atoms with Gasteiger partial charge in [0.15, 0.2) is 0 Å². The second-order valence-electron chi connectivity index (χ2n) is 10.5. The number of sulfonamides is 1. The molecule has 1 amide bonds. The lowest BCUT2D eigenvalue weighted by Crippen LogP contribution is -2.58. The number of anilines is 1. The van der Waals surface area contributed by atoms with E-state index in [-0.39, 0.29) is 22.6 Å². The van der Waals surface area contributed by atoms with E-state index in [1.165, 1.54) is 6.26 Å². The lowest BCUT2D eigenvalue weighted by Gasteiger charge is -2.52. The zero-order valence-corrected chi connectivity index (χ0v) is 21.0. The van der Waals surface area contributed by atoms with Crippen LogP contribution in [0.5, 0.6) is 0 Å². The van der Waals surface area contributed by atoms with Gasteiger partial charge in [-0.2, -0.15) is 4.31 Å². The van der Waals surface area contributed by atoms with Gasteiger partial charge in [-0.15, -0.1) is 0 Å². The minimum atomic E-state index is -3.26. The summed E-state index contributed by atoms with van der Waals surface area (Å²) in [5.74, 6) is -0.0891. The maximum atomic E-state index is 12.7. The fourth-order valence-electron chi connectivity index (χ4n) is 5.44. The van der Waals surface area contributed by atoms with E-state index in [0.29, 0.717) is 18.8 Å². The maximum absolute atomic E-state index is 12.7. The molecule has 33 heavy (non-hydrogen) atoms. The molecule has 0 atom stereocenters. The number of fused-ring (bicyclic) bond motifs is 1. The molecule has 3 heterocycles. The minimum absolute atomic E-state index is 0.00525. The van der Waals surface area contributed by atoms with Gasteiger partial charge in [-0.25, -0.2) is 13.2 Å². The third-order valence-corrected chi connectivity index (χ3v) is 9.09. The molecule has 2 aliphatic rings.